The van der Waals surface area contributed by atoms with Crippen LogP contribution in [0.3, 0.4) is 0 Å². The van der Waals surface area contributed by atoms with Crippen LogP contribution in [0.1, 0.15) is 32.8 Å². The van der Waals surface area contributed by atoms with Gasteiger partial charge in [0, 0.05) is 19.0 Å². The number of rotatable bonds is 8. The Bertz CT molecular complexity index is 500. The molecule has 122 valence electrons. The molecule has 5 heteroatoms. The summed E-state index contributed by atoms with van der Waals surface area (Å²) in [5.74, 6) is 0.657. The Morgan fingerprint density at radius 3 is 2.64 bits per heavy atom. The van der Waals surface area contributed by atoms with Gasteiger partial charge in [-0.2, -0.15) is 0 Å². The van der Waals surface area contributed by atoms with Crippen LogP contribution in [0, 0.1) is 0 Å². The van der Waals surface area contributed by atoms with Crippen molar-refractivity contribution in [3.05, 3.63) is 29.8 Å². The number of nitrogens with zero attached hydrogens (tertiary/aromatic N) is 1. The number of aryl methyl sites for hydroxylation is 1. The van der Waals surface area contributed by atoms with Gasteiger partial charge in [0.2, 0.25) is 11.8 Å². The summed E-state index contributed by atoms with van der Waals surface area (Å²) in [6, 6.07) is 7.76. The highest BCUT2D eigenvalue weighted by Gasteiger charge is 2.15. The molecule has 5 nitrogen and oxygen atoms in total. The van der Waals surface area contributed by atoms with Gasteiger partial charge in [0.25, 0.3) is 0 Å². The first kappa shape index (κ1) is 18.0. The maximum Gasteiger partial charge on any atom is 0.239 e. The van der Waals surface area contributed by atoms with E-state index in [9.17, 15) is 9.59 Å². The highest BCUT2D eigenvalue weighted by Crippen LogP contribution is 2.14. The first-order valence-electron chi connectivity index (χ1n) is 7.66. The number of hydrogen-bond acceptors (Lipinski definition) is 3. The molecule has 0 bridgehead atoms. The van der Waals surface area contributed by atoms with Gasteiger partial charge in [-0.25, -0.2) is 0 Å². The summed E-state index contributed by atoms with van der Waals surface area (Å²) in [4.78, 5) is 25.6. The Balaban J connectivity index is 2.52. The van der Waals surface area contributed by atoms with E-state index < -0.39 is 0 Å². The normalized spacial score (nSPS) is 10.4. The molecule has 0 saturated heterocycles. The van der Waals surface area contributed by atoms with E-state index in [2.05, 4.69) is 5.32 Å². The molecule has 0 aliphatic rings. The van der Waals surface area contributed by atoms with Gasteiger partial charge in [0.05, 0.1) is 13.7 Å². The van der Waals surface area contributed by atoms with E-state index in [1.54, 1.807) is 12.0 Å². The fraction of sp³-hybridized carbons (Fsp3) is 0.529. The van der Waals surface area contributed by atoms with Crippen molar-refractivity contribution in [2.24, 2.45) is 0 Å². The second-order valence-corrected chi connectivity index (χ2v) is 5.48. The molecule has 0 unspecified atom stereocenters. The Morgan fingerprint density at radius 1 is 1.32 bits per heavy atom. The topological polar surface area (TPSA) is 58.6 Å². The fourth-order valence-corrected chi connectivity index (χ4v) is 2.15. The molecular weight excluding hydrogens is 280 g/mol. The van der Waals surface area contributed by atoms with Gasteiger partial charge in [-0.3, -0.25) is 9.59 Å². The number of hydrogen-bond donors (Lipinski definition) is 1. The zero-order valence-corrected chi connectivity index (χ0v) is 13.9. The van der Waals surface area contributed by atoms with Crippen LogP contribution in [0.2, 0.25) is 0 Å². The monoisotopic (exact) mass is 306 g/mol. The van der Waals surface area contributed by atoms with Gasteiger partial charge in [0.15, 0.2) is 0 Å². The van der Waals surface area contributed by atoms with Crippen LogP contribution in [0.15, 0.2) is 24.3 Å². The summed E-state index contributed by atoms with van der Waals surface area (Å²) in [7, 11) is 1.62. The van der Waals surface area contributed by atoms with E-state index >= 15 is 0 Å². The quantitative estimate of drug-likeness (QED) is 0.799. The molecule has 0 aliphatic carbocycles. The number of likely N-dealkylation sites (N-methyl/N-ethyl adjacent to an activating group) is 1. The fourth-order valence-electron chi connectivity index (χ4n) is 2.15. The van der Waals surface area contributed by atoms with Gasteiger partial charge in [-0.05, 0) is 44.9 Å². The van der Waals surface area contributed by atoms with Crippen molar-refractivity contribution < 1.29 is 14.3 Å². The molecule has 0 fully saturated rings. The summed E-state index contributed by atoms with van der Waals surface area (Å²) >= 11 is 0. The van der Waals surface area contributed by atoms with Crippen molar-refractivity contribution in [1.82, 2.24) is 10.2 Å². The third-order valence-corrected chi connectivity index (χ3v) is 3.28. The second kappa shape index (κ2) is 9.07. The lowest BCUT2D eigenvalue weighted by molar-refractivity contribution is -0.136. The van der Waals surface area contributed by atoms with E-state index in [0.29, 0.717) is 19.4 Å². The summed E-state index contributed by atoms with van der Waals surface area (Å²) < 4.78 is 5.17. The third kappa shape index (κ3) is 6.16. The Labute approximate surface area is 132 Å². The molecule has 0 aromatic heterocycles. The molecule has 1 aromatic carbocycles. The first-order chi connectivity index (χ1) is 10.5. The van der Waals surface area contributed by atoms with Crippen LogP contribution in [0.5, 0.6) is 5.75 Å². The minimum absolute atomic E-state index is 0.00998. The minimum Gasteiger partial charge on any atom is -0.497 e. The molecule has 1 rings (SSSR count). The van der Waals surface area contributed by atoms with E-state index in [-0.39, 0.29) is 24.4 Å². The molecule has 0 atom stereocenters. The number of carbonyl (C=O) groups excluding carboxylic acids is 2. The minimum atomic E-state index is -0.119. The van der Waals surface area contributed by atoms with Crippen molar-refractivity contribution in [2.75, 3.05) is 20.2 Å². The lowest BCUT2D eigenvalue weighted by Crippen LogP contribution is -2.42. The Kier molecular flexibility index (Phi) is 7.43. The number of benzene rings is 1. The molecule has 22 heavy (non-hydrogen) atoms. The van der Waals surface area contributed by atoms with Crippen LogP contribution in [-0.2, 0) is 16.0 Å². The molecular formula is C17H26N2O3. The van der Waals surface area contributed by atoms with Gasteiger partial charge >= 0.3 is 0 Å². The van der Waals surface area contributed by atoms with E-state index in [1.807, 2.05) is 45.0 Å². The molecule has 0 spiro atoms. The van der Waals surface area contributed by atoms with Gasteiger partial charge in [-0.1, -0.05) is 12.1 Å². The summed E-state index contributed by atoms with van der Waals surface area (Å²) in [5, 5.41) is 2.80. The predicted octanol–water partition coefficient (Wildman–Crippen LogP) is 2.00. The average molecular weight is 306 g/mol. The first-order valence-corrected chi connectivity index (χ1v) is 7.66. The van der Waals surface area contributed by atoms with E-state index in [1.165, 1.54) is 0 Å². The van der Waals surface area contributed by atoms with E-state index in [4.69, 9.17) is 4.74 Å². The van der Waals surface area contributed by atoms with Gasteiger partial charge in [0.1, 0.15) is 5.75 Å². The highest BCUT2D eigenvalue weighted by atomic mass is 16.5. The molecule has 1 aromatic rings. The lowest BCUT2D eigenvalue weighted by atomic mass is 10.1. The largest absolute Gasteiger partial charge is 0.497 e. The van der Waals surface area contributed by atoms with Gasteiger partial charge < -0.3 is 15.0 Å². The van der Waals surface area contributed by atoms with Crippen LogP contribution in [-0.4, -0.2) is 43.0 Å². The number of carbonyl (C=O) groups is 2. The molecule has 0 aliphatic heterocycles. The number of amides is 2. The maximum atomic E-state index is 12.2. The number of ether oxygens (including phenoxy) is 1. The van der Waals surface area contributed by atoms with Gasteiger partial charge in [-0.15, -0.1) is 0 Å². The summed E-state index contributed by atoms with van der Waals surface area (Å²) in [6.07, 6.45) is 1.02. The van der Waals surface area contributed by atoms with Crippen LogP contribution in [0.25, 0.3) is 0 Å². The molecule has 0 saturated carbocycles. The smallest absolute Gasteiger partial charge is 0.239 e. The second-order valence-electron chi connectivity index (χ2n) is 5.48. The van der Waals surface area contributed by atoms with Crippen LogP contribution >= 0.6 is 0 Å². The number of nitrogens with one attached hydrogen (secondary N) is 1. The Hall–Kier alpha value is -2.04. The van der Waals surface area contributed by atoms with Crippen molar-refractivity contribution in [3.63, 3.8) is 0 Å². The summed E-state index contributed by atoms with van der Waals surface area (Å²) in [5.41, 5.74) is 1.05. The standard InChI is InChI=1S/C17H26N2O3/c1-5-19(12-16(20)18-13(2)3)17(21)10-9-14-7-6-8-15(11-14)22-4/h6-8,11,13H,5,9-10,12H2,1-4H3,(H,18,20). The SMILES string of the molecule is CCN(CC(=O)NC(C)C)C(=O)CCc1cccc(OC)c1. The van der Waals surface area contributed by atoms with Crippen molar-refractivity contribution >= 4 is 11.8 Å². The van der Waals surface area contributed by atoms with Crippen molar-refractivity contribution in [1.29, 1.82) is 0 Å². The zero-order chi connectivity index (χ0) is 16.5. The number of methoxy groups -OCH3 is 1. The van der Waals surface area contributed by atoms with Crippen LogP contribution in [0.4, 0.5) is 0 Å². The van der Waals surface area contributed by atoms with Crippen LogP contribution < -0.4 is 10.1 Å². The van der Waals surface area contributed by atoms with E-state index in [0.717, 1.165) is 11.3 Å². The average Bonchev–Trinajstić information content (AvgIpc) is 2.49. The molecule has 1 N–H and O–H groups in total. The lowest BCUT2D eigenvalue weighted by Gasteiger charge is -2.21. The Morgan fingerprint density at radius 2 is 2.05 bits per heavy atom. The molecule has 0 heterocycles. The molecule has 0 radical (unpaired) electrons. The van der Waals surface area contributed by atoms with Crippen molar-refractivity contribution in [3.8, 4) is 5.75 Å². The third-order valence-electron chi connectivity index (χ3n) is 3.28. The predicted molar refractivity (Wildman–Crippen MR) is 86.8 cm³/mol. The van der Waals surface area contributed by atoms with Crippen molar-refractivity contribution in [2.45, 2.75) is 39.7 Å². The summed E-state index contributed by atoms with van der Waals surface area (Å²) in [6.45, 7) is 6.33. The molecule has 2 amide bonds. The maximum absolute atomic E-state index is 12.2. The highest BCUT2D eigenvalue weighted by molar-refractivity contribution is 5.85. The zero-order valence-electron chi connectivity index (χ0n) is 13.9.